The van der Waals surface area contributed by atoms with Crippen molar-refractivity contribution >= 4 is 11.4 Å². The highest BCUT2D eigenvalue weighted by molar-refractivity contribution is 5.70. The van der Waals surface area contributed by atoms with E-state index >= 15 is 0 Å². The zero-order valence-electron chi connectivity index (χ0n) is 14.9. The van der Waals surface area contributed by atoms with Crippen LogP contribution in [0.4, 0.5) is 11.4 Å². The first-order valence-corrected chi connectivity index (χ1v) is 9.26. The van der Waals surface area contributed by atoms with Crippen molar-refractivity contribution in [2.24, 2.45) is 0 Å². The van der Waals surface area contributed by atoms with Gasteiger partial charge < -0.3 is 14.2 Å². The second-order valence-electron chi connectivity index (χ2n) is 6.83. The molecule has 138 valence electrons. The number of aromatic nitrogens is 3. The summed E-state index contributed by atoms with van der Waals surface area (Å²) in [6.45, 7) is 4.73. The predicted octanol–water partition coefficient (Wildman–Crippen LogP) is 2.92. The lowest BCUT2D eigenvalue weighted by Crippen LogP contribution is -2.35. The van der Waals surface area contributed by atoms with Crippen LogP contribution in [0.3, 0.4) is 0 Å². The highest BCUT2D eigenvalue weighted by Crippen LogP contribution is 2.40. The number of benzene rings is 1. The zero-order chi connectivity index (χ0) is 18.1. The Hall–Kier alpha value is -2.64. The number of ether oxygens (including phenoxy) is 1. The molecule has 1 unspecified atom stereocenters. The van der Waals surface area contributed by atoms with Crippen molar-refractivity contribution in [1.82, 2.24) is 14.8 Å². The van der Waals surface area contributed by atoms with E-state index in [1.807, 2.05) is 19.1 Å². The zero-order valence-corrected chi connectivity index (χ0v) is 14.9. The fourth-order valence-electron chi connectivity index (χ4n) is 4.10. The maximum Gasteiger partial charge on any atom is 0.333 e. The van der Waals surface area contributed by atoms with Crippen LogP contribution < -0.4 is 9.64 Å². The molecule has 3 heterocycles. The molecule has 26 heavy (non-hydrogen) atoms. The van der Waals surface area contributed by atoms with Crippen molar-refractivity contribution in [3.8, 4) is 5.75 Å². The monoisotopic (exact) mass is 357 g/mol. The summed E-state index contributed by atoms with van der Waals surface area (Å²) in [5, 5.41) is 20.4. The van der Waals surface area contributed by atoms with E-state index in [9.17, 15) is 10.1 Å². The largest absolute Gasteiger partial charge is 0.487 e. The number of aryl methyl sites for hydroxylation is 1. The Balaban J connectivity index is 1.64. The van der Waals surface area contributed by atoms with Gasteiger partial charge in [0.15, 0.2) is 5.75 Å². The normalized spacial score (nSPS) is 19.4. The van der Waals surface area contributed by atoms with Gasteiger partial charge in [-0.1, -0.05) is 6.07 Å². The van der Waals surface area contributed by atoms with Gasteiger partial charge in [-0.3, -0.25) is 10.1 Å². The minimum atomic E-state index is -0.335. The molecule has 0 aliphatic carbocycles. The second-order valence-corrected chi connectivity index (χ2v) is 6.83. The van der Waals surface area contributed by atoms with Crippen molar-refractivity contribution in [2.75, 3.05) is 24.6 Å². The first-order chi connectivity index (χ1) is 12.7. The van der Waals surface area contributed by atoms with E-state index in [2.05, 4.69) is 19.7 Å². The van der Waals surface area contributed by atoms with Crippen molar-refractivity contribution in [2.45, 2.75) is 45.1 Å². The SMILES string of the molecule is CCOc1cccc(N2CCCC(c3nnc4n3CCC4)C2)c1[N+](=O)[O-]. The summed E-state index contributed by atoms with van der Waals surface area (Å²) in [4.78, 5) is 13.5. The highest BCUT2D eigenvalue weighted by atomic mass is 16.6. The van der Waals surface area contributed by atoms with E-state index in [1.54, 1.807) is 6.07 Å². The number of hydrogen-bond acceptors (Lipinski definition) is 6. The van der Waals surface area contributed by atoms with Gasteiger partial charge in [-0.15, -0.1) is 10.2 Å². The molecule has 2 aliphatic rings. The first-order valence-electron chi connectivity index (χ1n) is 9.26. The summed E-state index contributed by atoms with van der Waals surface area (Å²) in [5.74, 6) is 2.69. The number of fused-ring (bicyclic) bond motifs is 1. The van der Waals surface area contributed by atoms with Gasteiger partial charge in [0.05, 0.1) is 11.5 Å². The number of anilines is 1. The molecule has 0 saturated carbocycles. The Bertz CT molecular complexity index is 819. The topological polar surface area (TPSA) is 86.3 Å². The molecule has 8 nitrogen and oxygen atoms in total. The molecule has 0 radical (unpaired) electrons. The van der Waals surface area contributed by atoms with Gasteiger partial charge in [0.2, 0.25) is 0 Å². The van der Waals surface area contributed by atoms with E-state index in [1.165, 1.54) is 0 Å². The van der Waals surface area contributed by atoms with E-state index in [-0.39, 0.29) is 16.5 Å². The molecular formula is C18H23N5O3. The Morgan fingerprint density at radius 1 is 1.31 bits per heavy atom. The molecule has 1 aromatic heterocycles. The van der Waals surface area contributed by atoms with E-state index in [0.29, 0.717) is 24.6 Å². The van der Waals surface area contributed by atoms with Crippen LogP contribution in [0.2, 0.25) is 0 Å². The lowest BCUT2D eigenvalue weighted by Gasteiger charge is -2.33. The Morgan fingerprint density at radius 3 is 3.00 bits per heavy atom. The fourth-order valence-corrected chi connectivity index (χ4v) is 4.10. The summed E-state index contributed by atoms with van der Waals surface area (Å²) in [7, 11) is 0. The maximum absolute atomic E-state index is 11.7. The third-order valence-electron chi connectivity index (χ3n) is 5.23. The average molecular weight is 357 g/mol. The minimum Gasteiger partial charge on any atom is -0.487 e. The lowest BCUT2D eigenvalue weighted by atomic mass is 9.96. The average Bonchev–Trinajstić information content (AvgIpc) is 3.25. The summed E-state index contributed by atoms with van der Waals surface area (Å²) in [5.41, 5.74) is 0.688. The van der Waals surface area contributed by atoms with Crippen molar-refractivity contribution in [3.63, 3.8) is 0 Å². The van der Waals surface area contributed by atoms with Gasteiger partial charge in [0.1, 0.15) is 17.3 Å². The predicted molar refractivity (Wildman–Crippen MR) is 96.8 cm³/mol. The molecule has 1 atom stereocenters. The van der Waals surface area contributed by atoms with E-state index in [4.69, 9.17) is 4.74 Å². The Labute approximate surface area is 151 Å². The van der Waals surface area contributed by atoms with Crippen molar-refractivity contribution in [1.29, 1.82) is 0 Å². The van der Waals surface area contributed by atoms with Gasteiger partial charge in [0.25, 0.3) is 0 Å². The smallest absolute Gasteiger partial charge is 0.333 e. The van der Waals surface area contributed by atoms with Crippen LogP contribution in [0.25, 0.3) is 0 Å². The van der Waals surface area contributed by atoms with Gasteiger partial charge >= 0.3 is 5.69 Å². The quantitative estimate of drug-likeness (QED) is 0.604. The molecule has 0 bridgehead atoms. The van der Waals surface area contributed by atoms with Crippen LogP contribution in [0.15, 0.2) is 18.2 Å². The number of nitro groups is 1. The molecule has 2 aliphatic heterocycles. The molecule has 1 aromatic carbocycles. The Morgan fingerprint density at radius 2 is 2.19 bits per heavy atom. The van der Waals surface area contributed by atoms with Gasteiger partial charge in [-0.2, -0.15) is 0 Å². The van der Waals surface area contributed by atoms with Gasteiger partial charge in [0, 0.05) is 32.0 Å². The molecule has 0 spiro atoms. The van der Waals surface area contributed by atoms with Crippen molar-refractivity contribution in [3.05, 3.63) is 40.0 Å². The van der Waals surface area contributed by atoms with Gasteiger partial charge in [-0.05, 0) is 38.3 Å². The lowest BCUT2D eigenvalue weighted by molar-refractivity contribution is -0.385. The minimum absolute atomic E-state index is 0.0569. The summed E-state index contributed by atoms with van der Waals surface area (Å²) in [6.07, 6.45) is 4.12. The Kier molecular flexibility index (Phi) is 4.48. The summed E-state index contributed by atoms with van der Waals surface area (Å²) >= 11 is 0. The molecule has 2 aromatic rings. The van der Waals surface area contributed by atoms with E-state index < -0.39 is 0 Å². The summed E-state index contributed by atoms with van der Waals surface area (Å²) in [6, 6.07) is 5.31. The number of nitrogens with zero attached hydrogens (tertiary/aromatic N) is 5. The fraction of sp³-hybridized carbons (Fsp3) is 0.556. The van der Waals surface area contributed by atoms with Crippen LogP contribution in [0, 0.1) is 10.1 Å². The number of nitro benzene ring substituents is 1. The number of piperidine rings is 1. The number of para-hydroxylation sites is 1. The van der Waals surface area contributed by atoms with Gasteiger partial charge in [-0.25, -0.2) is 0 Å². The molecular weight excluding hydrogens is 334 g/mol. The number of hydrogen-bond donors (Lipinski definition) is 0. The molecule has 1 saturated heterocycles. The maximum atomic E-state index is 11.7. The molecule has 4 rings (SSSR count). The van der Waals surface area contributed by atoms with Crippen molar-refractivity contribution < 1.29 is 9.66 Å². The van der Waals surface area contributed by atoms with Crippen LogP contribution in [0.5, 0.6) is 5.75 Å². The van der Waals surface area contributed by atoms with Crippen LogP contribution >= 0.6 is 0 Å². The van der Waals surface area contributed by atoms with Crippen LogP contribution in [-0.2, 0) is 13.0 Å². The third kappa shape index (κ3) is 2.89. The molecule has 0 N–H and O–H groups in total. The van der Waals surface area contributed by atoms with Crippen LogP contribution in [0.1, 0.15) is 43.8 Å². The first kappa shape index (κ1) is 16.8. The molecule has 8 heteroatoms. The second kappa shape index (κ2) is 6.93. The van der Waals surface area contributed by atoms with Crippen LogP contribution in [-0.4, -0.2) is 39.4 Å². The summed E-state index contributed by atoms with van der Waals surface area (Å²) < 4.78 is 7.73. The highest BCUT2D eigenvalue weighted by Gasteiger charge is 2.32. The standard InChI is InChI=1S/C18H23N5O3/c1-2-26-15-8-3-7-14(17(15)23(24)25)21-10-4-6-13(12-21)18-20-19-16-9-5-11-22(16)18/h3,7-8,13H,2,4-6,9-12H2,1H3. The molecule has 1 fully saturated rings. The number of rotatable bonds is 5. The molecule has 0 amide bonds. The third-order valence-corrected chi connectivity index (χ3v) is 5.23. The van der Waals surface area contributed by atoms with E-state index in [0.717, 1.165) is 50.4 Å².